The van der Waals surface area contributed by atoms with Gasteiger partial charge in [-0.2, -0.15) is 0 Å². The molecule has 0 aliphatic carbocycles. The quantitative estimate of drug-likeness (QED) is 0.702. The number of halogens is 1. The van der Waals surface area contributed by atoms with Gasteiger partial charge in [-0.1, -0.05) is 23.4 Å². The van der Waals surface area contributed by atoms with Crippen LogP contribution in [0.5, 0.6) is 0 Å². The highest BCUT2D eigenvalue weighted by atomic mass is 127. The molecule has 0 atom stereocenters. The van der Waals surface area contributed by atoms with Crippen molar-refractivity contribution in [2.75, 3.05) is 24.5 Å². The molecule has 3 rings (SSSR count). The Hall–Kier alpha value is -1.64. The molecule has 1 aliphatic heterocycles. The molecule has 0 radical (unpaired) electrons. The number of benzene rings is 1. The van der Waals surface area contributed by atoms with Crippen LogP contribution < -0.4 is 10.2 Å². The van der Waals surface area contributed by atoms with E-state index in [1.165, 1.54) is 18.5 Å². The van der Waals surface area contributed by atoms with Crippen LogP contribution in [-0.2, 0) is 11.3 Å². The van der Waals surface area contributed by atoms with Crippen molar-refractivity contribution in [1.29, 1.82) is 0 Å². The number of piperidine rings is 1. The van der Waals surface area contributed by atoms with Crippen molar-refractivity contribution in [3.05, 3.63) is 40.2 Å². The molecule has 1 N–H and O–H groups in total. The molecule has 0 spiro atoms. The number of hydrogen-bond donors (Lipinski definition) is 1. The van der Waals surface area contributed by atoms with Crippen LogP contribution in [0.4, 0.5) is 5.69 Å². The predicted octanol–water partition coefficient (Wildman–Crippen LogP) is 2.31. The van der Waals surface area contributed by atoms with Crippen LogP contribution in [0.2, 0.25) is 0 Å². The molecule has 2 heterocycles. The van der Waals surface area contributed by atoms with E-state index in [0.29, 0.717) is 5.92 Å². The topological polar surface area (TPSA) is 63.1 Å². The Balaban J connectivity index is 1.34. The lowest BCUT2D eigenvalue weighted by Crippen LogP contribution is -2.35. The first-order chi connectivity index (χ1) is 11.7. The summed E-state index contributed by atoms with van der Waals surface area (Å²) in [6.07, 6.45) is 5.18. The third kappa shape index (κ3) is 4.93. The molecule has 1 aromatic heterocycles. The van der Waals surface area contributed by atoms with Crippen LogP contribution in [0.3, 0.4) is 0 Å². The average Bonchev–Trinajstić information content (AvgIpc) is 3.01. The number of carbonyl (C=O) groups is 1. The van der Waals surface area contributed by atoms with Gasteiger partial charge in [0.25, 0.3) is 0 Å². The van der Waals surface area contributed by atoms with Crippen molar-refractivity contribution < 1.29 is 4.79 Å². The summed E-state index contributed by atoms with van der Waals surface area (Å²) in [6, 6.07) is 10.6. The smallest absolute Gasteiger partial charge is 0.241 e. The predicted molar refractivity (Wildman–Crippen MR) is 102 cm³/mol. The van der Waals surface area contributed by atoms with E-state index in [2.05, 4.69) is 73.5 Å². The first-order valence-corrected chi connectivity index (χ1v) is 9.41. The Morgan fingerprint density at radius 1 is 1.25 bits per heavy atom. The van der Waals surface area contributed by atoms with E-state index in [9.17, 15) is 4.79 Å². The van der Waals surface area contributed by atoms with Gasteiger partial charge in [0.2, 0.25) is 5.91 Å². The fourth-order valence-electron chi connectivity index (χ4n) is 3.09. The van der Waals surface area contributed by atoms with Crippen molar-refractivity contribution in [3.8, 4) is 0 Å². The highest BCUT2D eigenvalue weighted by Crippen LogP contribution is 2.24. The number of hydrogen-bond acceptors (Lipinski definition) is 4. The molecule has 6 nitrogen and oxygen atoms in total. The zero-order valence-electron chi connectivity index (χ0n) is 13.6. The van der Waals surface area contributed by atoms with Crippen molar-refractivity contribution in [3.63, 3.8) is 0 Å². The third-order valence-electron chi connectivity index (χ3n) is 4.43. The highest BCUT2D eigenvalue weighted by molar-refractivity contribution is 14.1. The summed E-state index contributed by atoms with van der Waals surface area (Å²) >= 11 is 2.08. The van der Waals surface area contributed by atoms with Crippen molar-refractivity contribution >= 4 is 34.2 Å². The molecule has 2 aromatic rings. The van der Waals surface area contributed by atoms with Crippen LogP contribution in [0, 0.1) is 9.62 Å². The van der Waals surface area contributed by atoms with E-state index in [1.807, 2.05) is 0 Å². The first kappa shape index (κ1) is 17.2. The zero-order chi connectivity index (χ0) is 16.8. The summed E-state index contributed by atoms with van der Waals surface area (Å²) in [6.45, 7) is 3.17. The Bertz CT molecular complexity index is 652. The number of anilines is 1. The van der Waals surface area contributed by atoms with Gasteiger partial charge in [-0.05, 0) is 59.9 Å². The zero-order valence-corrected chi connectivity index (χ0v) is 15.7. The van der Waals surface area contributed by atoms with E-state index in [1.54, 1.807) is 10.9 Å². The van der Waals surface area contributed by atoms with Gasteiger partial charge in [0.05, 0.1) is 6.20 Å². The number of nitrogens with one attached hydrogen (secondary N) is 1. The summed E-state index contributed by atoms with van der Waals surface area (Å²) in [5.74, 6) is 0.690. The second-order valence-electron chi connectivity index (χ2n) is 6.14. The SMILES string of the molecule is O=C(Cn1cc(I)nn1)NCCC1CCN(c2ccccc2)CC1. The maximum absolute atomic E-state index is 11.9. The molecule has 128 valence electrons. The van der Waals surface area contributed by atoms with Crippen molar-refractivity contribution in [2.24, 2.45) is 5.92 Å². The Morgan fingerprint density at radius 2 is 2.00 bits per heavy atom. The fraction of sp³-hybridized carbons (Fsp3) is 0.471. The Kier molecular flexibility index (Phi) is 6.06. The molecule has 24 heavy (non-hydrogen) atoms. The normalized spacial score (nSPS) is 15.5. The van der Waals surface area contributed by atoms with Crippen LogP contribution >= 0.6 is 22.6 Å². The maximum Gasteiger partial charge on any atom is 0.241 e. The number of para-hydroxylation sites is 1. The van der Waals surface area contributed by atoms with Crippen LogP contribution in [0.1, 0.15) is 19.3 Å². The summed E-state index contributed by atoms with van der Waals surface area (Å²) in [7, 11) is 0. The number of rotatable bonds is 6. The van der Waals surface area contributed by atoms with E-state index in [0.717, 1.165) is 29.8 Å². The molecule has 1 fully saturated rings. The average molecular weight is 439 g/mol. The number of amides is 1. The molecule has 1 aromatic carbocycles. The lowest BCUT2D eigenvalue weighted by atomic mass is 9.93. The van der Waals surface area contributed by atoms with Gasteiger partial charge in [-0.15, -0.1) is 5.10 Å². The van der Waals surface area contributed by atoms with Crippen molar-refractivity contribution in [1.82, 2.24) is 20.3 Å². The molecule has 0 saturated carbocycles. The summed E-state index contributed by atoms with van der Waals surface area (Å²) in [5, 5.41) is 10.7. The highest BCUT2D eigenvalue weighted by Gasteiger charge is 2.19. The molecule has 7 heteroatoms. The number of carbonyl (C=O) groups excluding carboxylic acids is 1. The first-order valence-electron chi connectivity index (χ1n) is 8.33. The molecule has 0 bridgehead atoms. The molecular weight excluding hydrogens is 417 g/mol. The van der Waals surface area contributed by atoms with Crippen LogP contribution in [0.15, 0.2) is 36.5 Å². The minimum Gasteiger partial charge on any atom is -0.372 e. The van der Waals surface area contributed by atoms with Gasteiger partial charge in [-0.3, -0.25) is 4.79 Å². The van der Waals surface area contributed by atoms with Gasteiger partial charge >= 0.3 is 0 Å². The minimum atomic E-state index is -0.00183. The largest absolute Gasteiger partial charge is 0.372 e. The van der Waals surface area contributed by atoms with Crippen molar-refractivity contribution in [2.45, 2.75) is 25.8 Å². The van der Waals surface area contributed by atoms with Gasteiger partial charge in [0.15, 0.2) is 0 Å². The lowest BCUT2D eigenvalue weighted by Gasteiger charge is -2.33. The standard InChI is InChI=1S/C17H22IN5O/c18-16-12-23(21-20-16)13-17(24)19-9-6-14-7-10-22(11-8-14)15-4-2-1-3-5-15/h1-5,12,14H,6-11,13H2,(H,19,24). The lowest BCUT2D eigenvalue weighted by molar-refractivity contribution is -0.121. The van der Waals surface area contributed by atoms with Gasteiger partial charge < -0.3 is 10.2 Å². The van der Waals surface area contributed by atoms with Gasteiger partial charge in [0.1, 0.15) is 10.2 Å². The second-order valence-corrected chi connectivity index (χ2v) is 7.25. The van der Waals surface area contributed by atoms with Crippen LogP contribution in [0.25, 0.3) is 0 Å². The third-order valence-corrected chi connectivity index (χ3v) is 4.92. The van der Waals surface area contributed by atoms with E-state index in [4.69, 9.17) is 0 Å². The van der Waals surface area contributed by atoms with E-state index >= 15 is 0 Å². The summed E-state index contributed by atoms with van der Waals surface area (Å²) in [4.78, 5) is 14.3. The molecular formula is C17H22IN5O. The van der Waals surface area contributed by atoms with Gasteiger partial charge in [-0.25, -0.2) is 4.68 Å². The maximum atomic E-state index is 11.9. The fourth-order valence-corrected chi connectivity index (χ4v) is 3.51. The van der Waals surface area contributed by atoms with Crippen LogP contribution in [-0.4, -0.2) is 40.5 Å². The number of aromatic nitrogens is 3. The minimum absolute atomic E-state index is 0.00183. The van der Waals surface area contributed by atoms with E-state index < -0.39 is 0 Å². The summed E-state index contributed by atoms with van der Waals surface area (Å²) < 4.78 is 2.36. The monoisotopic (exact) mass is 439 g/mol. The van der Waals surface area contributed by atoms with E-state index in [-0.39, 0.29) is 12.5 Å². The van der Waals surface area contributed by atoms with Gasteiger partial charge in [0, 0.05) is 25.3 Å². The number of nitrogens with zero attached hydrogens (tertiary/aromatic N) is 4. The molecule has 0 unspecified atom stereocenters. The Morgan fingerprint density at radius 3 is 2.67 bits per heavy atom. The molecule has 1 saturated heterocycles. The summed E-state index contributed by atoms with van der Waals surface area (Å²) in [5.41, 5.74) is 1.31. The molecule has 1 aliphatic rings. The second kappa shape index (κ2) is 8.46. The molecule has 1 amide bonds. The Labute approximate surface area is 155 Å².